The Bertz CT molecular complexity index is 476. The van der Waals surface area contributed by atoms with Crippen molar-refractivity contribution in [2.75, 3.05) is 0 Å². The lowest BCUT2D eigenvalue weighted by molar-refractivity contribution is 0.404. The van der Waals surface area contributed by atoms with Gasteiger partial charge in [-0.05, 0) is 68.8 Å². The molecule has 19 heavy (non-hydrogen) atoms. The quantitative estimate of drug-likeness (QED) is 0.902. The van der Waals surface area contributed by atoms with Gasteiger partial charge in [0.05, 0.1) is 5.69 Å². The first-order valence-corrected chi connectivity index (χ1v) is 7.98. The molecule has 0 spiro atoms. The normalized spacial score (nSPS) is 40.5. The van der Waals surface area contributed by atoms with Gasteiger partial charge in [0.1, 0.15) is 0 Å². The monoisotopic (exact) mass is 259 g/mol. The summed E-state index contributed by atoms with van der Waals surface area (Å²) in [6, 6.07) is 2.58. The molecule has 1 heterocycles. The molecule has 0 radical (unpaired) electrons. The summed E-state index contributed by atoms with van der Waals surface area (Å²) < 4.78 is 2.13. The van der Waals surface area contributed by atoms with Gasteiger partial charge in [-0.15, -0.1) is 0 Å². The SMILES string of the molecule is CCn1nc(C)cc1CC(N)C1C2C3CCC(C3)C12. The fraction of sp³-hybridized carbons (Fsp3) is 0.812. The molecule has 3 aliphatic rings. The molecule has 0 aromatic carbocycles. The molecule has 3 nitrogen and oxygen atoms in total. The van der Waals surface area contributed by atoms with Crippen molar-refractivity contribution in [3.8, 4) is 0 Å². The van der Waals surface area contributed by atoms with Gasteiger partial charge >= 0.3 is 0 Å². The first-order valence-electron chi connectivity index (χ1n) is 7.98. The largest absolute Gasteiger partial charge is 0.327 e. The topological polar surface area (TPSA) is 43.8 Å². The van der Waals surface area contributed by atoms with Gasteiger partial charge in [0.2, 0.25) is 0 Å². The molecular formula is C16H25N3. The first-order chi connectivity index (χ1) is 9.19. The van der Waals surface area contributed by atoms with Crippen molar-refractivity contribution in [3.63, 3.8) is 0 Å². The van der Waals surface area contributed by atoms with Gasteiger partial charge in [0.15, 0.2) is 0 Å². The molecule has 0 aliphatic heterocycles. The average molecular weight is 259 g/mol. The van der Waals surface area contributed by atoms with Crippen LogP contribution in [0.2, 0.25) is 0 Å². The predicted molar refractivity (Wildman–Crippen MR) is 75.6 cm³/mol. The van der Waals surface area contributed by atoms with Crippen LogP contribution in [0.3, 0.4) is 0 Å². The third-order valence-electron chi connectivity index (χ3n) is 6.02. The van der Waals surface area contributed by atoms with Gasteiger partial charge in [-0.25, -0.2) is 0 Å². The molecule has 1 aromatic heterocycles. The summed E-state index contributed by atoms with van der Waals surface area (Å²) >= 11 is 0. The van der Waals surface area contributed by atoms with Crippen LogP contribution < -0.4 is 5.73 Å². The summed E-state index contributed by atoms with van der Waals surface area (Å²) in [5.74, 6) is 4.88. The first kappa shape index (κ1) is 12.0. The van der Waals surface area contributed by atoms with Crippen molar-refractivity contribution in [1.82, 2.24) is 9.78 Å². The summed E-state index contributed by atoms with van der Waals surface area (Å²) in [6.07, 6.45) is 5.51. The Hall–Kier alpha value is -0.830. The summed E-state index contributed by atoms with van der Waals surface area (Å²) in [5, 5.41) is 4.54. The standard InChI is InChI=1S/C16H25N3/c1-3-19-12(6-9(2)18-19)8-13(17)16-14-10-4-5-11(7-10)15(14)16/h6,10-11,13-16H,3-5,7-8,17H2,1-2H3. The van der Waals surface area contributed by atoms with Crippen LogP contribution in [0, 0.1) is 36.5 Å². The van der Waals surface area contributed by atoms with Crippen LogP contribution in [-0.2, 0) is 13.0 Å². The van der Waals surface area contributed by atoms with E-state index in [-0.39, 0.29) is 0 Å². The van der Waals surface area contributed by atoms with E-state index >= 15 is 0 Å². The Morgan fingerprint density at radius 3 is 2.68 bits per heavy atom. The van der Waals surface area contributed by atoms with Crippen LogP contribution >= 0.6 is 0 Å². The highest BCUT2D eigenvalue weighted by Crippen LogP contribution is 2.70. The summed E-state index contributed by atoms with van der Waals surface area (Å²) in [4.78, 5) is 0. The van der Waals surface area contributed by atoms with Crippen molar-refractivity contribution in [1.29, 1.82) is 0 Å². The highest BCUT2D eigenvalue weighted by atomic mass is 15.3. The summed E-state index contributed by atoms with van der Waals surface area (Å²) in [5.41, 5.74) is 9.01. The number of nitrogens with zero attached hydrogens (tertiary/aromatic N) is 2. The predicted octanol–water partition coefficient (Wildman–Crippen LogP) is 2.37. The van der Waals surface area contributed by atoms with E-state index in [9.17, 15) is 0 Å². The Kier molecular flexibility index (Phi) is 2.57. The van der Waals surface area contributed by atoms with Crippen LogP contribution in [0.4, 0.5) is 0 Å². The van der Waals surface area contributed by atoms with Crippen LogP contribution in [0.1, 0.15) is 37.6 Å². The lowest BCUT2D eigenvalue weighted by Crippen LogP contribution is -2.29. The zero-order valence-electron chi connectivity index (χ0n) is 12.0. The van der Waals surface area contributed by atoms with Crippen LogP contribution in [-0.4, -0.2) is 15.8 Å². The van der Waals surface area contributed by atoms with Gasteiger partial charge in [-0.2, -0.15) is 5.10 Å². The van der Waals surface area contributed by atoms with Crippen molar-refractivity contribution < 1.29 is 0 Å². The van der Waals surface area contributed by atoms with E-state index < -0.39 is 0 Å². The Balaban J connectivity index is 1.46. The third kappa shape index (κ3) is 1.70. The minimum Gasteiger partial charge on any atom is -0.327 e. The molecule has 0 amide bonds. The van der Waals surface area contributed by atoms with E-state index in [2.05, 4.69) is 29.7 Å². The van der Waals surface area contributed by atoms with Crippen LogP contribution in [0.25, 0.3) is 0 Å². The number of rotatable bonds is 4. The van der Waals surface area contributed by atoms with Crippen molar-refractivity contribution in [3.05, 3.63) is 17.5 Å². The molecule has 5 unspecified atom stereocenters. The van der Waals surface area contributed by atoms with Crippen LogP contribution in [0.5, 0.6) is 0 Å². The molecule has 3 fully saturated rings. The van der Waals surface area contributed by atoms with Gasteiger partial charge < -0.3 is 5.73 Å². The Labute approximate surface area is 115 Å². The van der Waals surface area contributed by atoms with E-state index in [0.29, 0.717) is 6.04 Å². The minimum absolute atomic E-state index is 0.361. The smallest absolute Gasteiger partial charge is 0.0596 e. The van der Waals surface area contributed by atoms with Gasteiger partial charge in [0, 0.05) is 24.7 Å². The van der Waals surface area contributed by atoms with E-state index in [1.807, 2.05) is 0 Å². The van der Waals surface area contributed by atoms with Crippen molar-refractivity contribution >= 4 is 0 Å². The maximum absolute atomic E-state index is 6.55. The highest BCUT2D eigenvalue weighted by molar-refractivity contribution is 5.18. The molecule has 3 saturated carbocycles. The maximum atomic E-state index is 6.55. The maximum Gasteiger partial charge on any atom is 0.0596 e. The highest BCUT2D eigenvalue weighted by Gasteiger charge is 2.66. The second kappa shape index (κ2) is 4.08. The second-order valence-electron chi connectivity index (χ2n) is 7.03. The van der Waals surface area contributed by atoms with Crippen LogP contribution in [0.15, 0.2) is 6.07 Å². The number of hydrogen-bond acceptors (Lipinski definition) is 2. The number of nitrogens with two attached hydrogens (primary N) is 1. The van der Waals surface area contributed by atoms with Crippen molar-refractivity contribution in [2.45, 2.75) is 52.1 Å². The second-order valence-corrected chi connectivity index (χ2v) is 7.03. The molecule has 3 heteroatoms. The number of aromatic nitrogens is 2. The van der Waals surface area contributed by atoms with E-state index in [4.69, 9.17) is 5.73 Å². The lowest BCUT2D eigenvalue weighted by Gasteiger charge is -2.16. The summed E-state index contributed by atoms with van der Waals surface area (Å²) in [7, 11) is 0. The fourth-order valence-corrected chi connectivity index (χ4v) is 5.38. The molecule has 3 aliphatic carbocycles. The molecule has 2 bridgehead atoms. The molecular weight excluding hydrogens is 234 g/mol. The van der Waals surface area contributed by atoms with Gasteiger partial charge in [0.25, 0.3) is 0 Å². The average Bonchev–Trinajstić information content (AvgIpc) is 2.71. The number of aryl methyl sites for hydroxylation is 2. The summed E-state index contributed by atoms with van der Waals surface area (Å²) in [6.45, 7) is 5.19. The Morgan fingerprint density at radius 2 is 2.05 bits per heavy atom. The van der Waals surface area contributed by atoms with Crippen molar-refractivity contribution in [2.24, 2.45) is 35.3 Å². The van der Waals surface area contributed by atoms with E-state index in [1.165, 1.54) is 25.0 Å². The minimum atomic E-state index is 0.361. The molecule has 5 atom stereocenters. The molecule has 1 aromatic rings. The number of hydrogen-bond donors (Lipinski definition) is 1. The van der Waals surface area contributed by atoms with E-state index in [0.717, 1.165) is 48.2 Å². The third-order valence-corrected chi connectivity index (χ3v) is 6.02. The molecule has 2 N–H and O–H groups in total. The zero-order valence-corrected chi connectivity index (χ0v) is 12.0. The van der Waals surface area contributed by atoms with Gasteiger partial charge in [-0.3, -0.25) is 4.68 Å². The molecule has 0 saturated heterocycles. The number of fused-ring (bicyclic) bond motifs is 5. The van der Waals surface area contributed by atoms with Gasteiger partial charge in [-0.1, -0.05) is 0 Å². The molecule has 4 rings (SSSR count). The molecule has 104 valence electrons. The Morgan fingerprint density at radius 1 is 1.37 bits per heavy atom. The lowest BCUT2D eigenvalue weighted by atomic mass is 9.95. The van der Waals surface area contributed by atoms with E-state index in [1.54, 1.807) is 0 Å². The fourth-order valence-electron chi connectivity index (χ4n) is 5.38. The zero-order chi connectivity index (χ0) is 13.1.